The van der Waals surface area contributed by atoms with Crippen molar-refractivity contribution in [2.24, 2.45) is 29.4 Å². The zero-order chi connectivity index (χ0) is 52.1. The second-order valence-corrected chi connectivity index (χ2v) is 20.3. The first-order chi connectivity index (χ1) is 33.8. The number of aromatic nitrogens is 1. The standard InChI is InChI=1S/C47H69N9O14S/c1-4-24(2)41-45(68)51-19-39(64)52-33-23-71(70)46-31(30-10-9-28(58)17-32(30)53-46)13-26(43(66)50-20-40(65)54-41)14-36(61)42(25(3)37(62)22-57)55-44(67)34-18-29(59)21-56(34)47(69)27(15-35(33)60)16-38(63)49-12-8-6-5-7-11-48/h9-10,17,24-27,29,33-34,37,41-42,53,57-59,62H,4-8,11-16,18-23,48H2,1-3H3,(H,49,63)(H,50,66)(H,51,68)(H,52,64)(H,54,65)(H,55,67)/t24-,25-,26?,27-,29?,33?,34-,37-,41-,42-,71+/m0/s1. The van der Waals surface area contributed by atoms with Gasteiger partial charge >= 0.3 is 0 Å². The zero-order valence-electron chi connectivity index (χ0n) is 40.3. The van der Waals surface area contributed by atoms with Crippen molar-refractivity contribution >= 4 is 74.6 Å². The van der Waals surface area contributed by atoms with Crippen LogP contribution >= 0.6 is 0 Å². The highest BCUT2D eigenvalue weighted by Gasteiger charge is 2.45. The quantitative estimate of drug-likeness (QED) is 0.0917. The fraction of sp³-hybridized carbons (Fsp3) is 0.638. The number of hydrogen-bond donors (Lipinski definition) is 12. The molecule has 2 bridgehead atoms. The number of aliphatic hydroxyl groups is 3. The molecule has 4 heterocycles. The van der Waals surface area contributed by atoms with Gasteiger partial charge in [0.05, 0.1) is 72.0 Å². The van der Waals surface area contributed by atoms with Crippen molar-refractivity contribution in [2.75, 3.05) is 45.1 Å². The maximum atomic E-state index is 14.8. The predicted molar refractivity (Wildman–Crippen MR) is 256 cm³/mol. The first-order valence-corrected chi connectivity index (χ1v) is 25.5. The van der Waals surface area contributed by atoms with Crippen molar-refractivity contribution in [3.63, 3.8) is 0 Å². The van der Waals surface area contributed by atoms with Crippen LogP contribution in [-0.4, -0.2) is 169 Å². The van der Waals surface area contributed by atoms with Crippen LogP contribution in [0.1, 0.15) is 84.1 Å². The zero-order valence-corrected chi connectivity index (χ0v) is 41.1. The van der Waals surface area contributed by atoms with E-state index in [9.17, 15) is 67.8 Å². The summed E-state index contributed by atoms with van der Waals surface area (Å²) in [5.74, 6) is -13.2. The van der Waals surface area contributed by atoms with E-state index in [2.05, 4.69) is 36.9 Å². The van der Waals surface area contributed by atoms with Gasteiger partial charge < -0.3 is 67.9 Å². The molecular formula is C47H69N9O14S. The molecule has 2 aromatic rings. The second kappa shape index (κ2) is 26.0. The number of rotatable bonds is 13. The van der Waals surface area contributed by atoms with Crippen LogP contribution in [0.5, 0.6) is 5.75 Å². The van der Waals surface area contributed by atoms with Crippen LogP contribution in [0.2, 0.25) is 0 Å². The van der Waals surface area contributed by atoms with Gasteiger partial charge in [-0.2, -0.15) is 0 Å². The predicted octanol–water partition coefficient (Wildman–Crippen LogP) is -2.59. The lowest BCUT2D eigenvalue weighted by Crippen LogP contribution is -2.56. The molecule has 0 saturated carbocycles. The Bertz CT molecular complexity index is 2330. The first kappa shape index (κ1) is 56.1. The SMILES string of the molecule is CC[C@H](C)[C@@H]1NC(=O)CNC(=O)C2CC(=O)[C@H]([C@@H](C)[C@@H](O)CO)NC(=O)[C@@H]3CC(O)CN3C(=O)[C@H](CC(=O)NCCCCCCN)CC(=O)C(C[S@@](=O)c3[nH]c4cc(O)ccc4c3C2)NC(=O)CNC1=O. The molecule has 3 aliphatic rings. The van der Waals surface area contributed by atoms with Crippen LogP contribution in [0.15, 0.2) is 23.2 Å². The van der Waals surface area contributed by atoms with Crippen LogP contribution < -0.4 is 37.6 Å². The molecule has 1 fully saturated rings. The Hall–Kier alpha value is -5.82. The summed E-state index contributed by atoms with van der Waals surface area (Å²) < 4.78 is 14.8. The molecule has 1 aromatic carbocycles. The average molecular weight is 1020 g/mol. The van der Waals surface area contributed by atoms with Crippen LogP contribution in [0.25, 0.3) is 10.9 Å². The van der Waals surface area contributed by atoms with Crippen molar-refractivity contribution < 1.29 is 67.8 Å². The maximum Gasteiger partial charge on any atom is 0.243 e. The molecule has 0 spiro atoms. The molecule has 11 atom stereocenters. The molecule has 13 N–H and O–H groups in total. The highest BCUT2D eigenvalue weighted by Crippen LogP contribution is 2.32. The second-order valence-electron chi connectivity index (χ2n) is 18.8. The van der Waals surface area contributed by atoms with Crippen molar-refractivity contribution in [3.05, 3.63) is 23.8 Å². The summed E-state index contributed by atoms with van der Waals surface area (Å²) in [6.07, 6.45) is -2.41. The number of phenolic OH excluding ortho intramolecular Hbond substituents is 1. The van der Waals surface area contributed by atoms with E-state index < -0.39 is 181 Å². The van der Waals surface area contributed by atoms with E-state index in [0.29, 0.717) is 24.8 Å². The number of aromatic hydroxyl groups is 1. The van der Waals surface area contributed by atoms with Crippen LogP contribution in [0, 0.1) is 23.7 Å². The number of nitrogens with one attached hydrogen (secondary N) is 7. The topological polar surface area (TPSA) is 369 Å². The monoisotopic (exact) mass is 1020 g/mol. The van der Waals surface area contributed by atoms with Gasteiger partial charge in [0.25, 0.3) is 0 Å². The first-order valence-electron chi connectivity index (χ1n) is 24.2. The Balaban J connectivity index is 1.69. The largest absolute Gasteiger partial charge is 0.508 e. The van der Waals surface area contributed by atoms with Gasteiger partial charge in [-0.1, -0.05) is 40.0 Å². The van der Waals surface area contributed by atoms with Gasteiger partial charge in [0, 0.05) is 62.1 Å². The third-order valence-electron chi connectivity index (χ3n) is 13.6. The van der Waals surface area contributed by atoms with Gasteiger partial charge in [0.2, 0.25) is 41.4 Å². The van der Waals surface area contributed by atoms with Gasteiger partial charge in [0.1, 0.15) is 22.9 Å². The number of aromatic amines is 1. The Morgan fingerprint density at radius 1 is 0.887 bits per heavy atom. The molecule has 5 rings (SSSR count). The van der Waals surface area contributed by atoms with Gasteiger partial charge in [-0.3, -0.25) is 47.4 Å². The number of phenols is 1. The Kier molecular flexibility index (Phi) is 20.6. The summed E-state index contributed by atoms with van der Waals surface area (Å²) in [7, 11) is -2.32. The molecule has 3 unspecified atom stereocenters. The highest BCUT2D eigenvalue weighted by molar-refractivity contribution is 7.85. The normalized spacial score (nSPS) is 27.1. The van der Waals surface area contributed by atoms with Crippen molar-refractivity contribution in [3.8, 4) is 5.75 Å². The van der Waals surface area contributed by atoms with E-state index in [0.717, 1.165) is 24.2 Å². The molecule has 0 radical (unpaired) electrons. The summed E-state index contributed by atoms with van der Waals surface area (Å²) in [5.41, 5.74) is 5.99. The molecule has 24 heteroatoms. The number of nitrogens with two attached hydrogens (primary N) is 1. The lowest BCUT2D eigenvalue weighted by Gasteiger charge is -2.32. The summed E-state index contributed by atoms with van der Waals surface area (Å²) in [6, 6.07) is -1.94. The third-order valence-corrected chi connectivity index (χ3v) is 15.0. The smallest absolute Gasteiger partial charge is 0.243 e. The lowest BCUT2D eigenvalue weighted by molar-refractivity contribution is -0.145. The minimum Gasteiger partial charge on any atom is -0.508 e. The number of unbranched alkanes of at least 4 members (excludes halogenated alkanes) is 3. The number of fused-ring (bicyclic) bond motifs is 5. The molecular weight excluding hydrogens is 947 g/mol. The number of aliphatic hydroxyl groups excluding tert-OH is 3. The van der Waals surface area contributed by atoms with Gasteiger partial charge in [-0.25, -0.2) is 0 Å². The van der Waals surface area contributed by atoms with Crippen LogP contribution in [0.4, 0.5) is 0 Å². The fourth-order valence-electron chi connectivity index (χ4n) is 9.16. The highest BCUT2D eigenvalue weighted by atomic mass is 32.2. The Morgan fingerprint density at radius 2 is 1.58 bits per heavy atom. The number of H-pyrrole nitrogens is 1. The number of nitrogens with zero attached hydrogens (tertiary/aromatic N) is 1. The molecule has 1 aromatic heterocycles. The van der Waals surface area contributed by atoms with E-state index in [1.165, 1.54) is 25.1 Å². The number of carbonyl (C=O) groups excluding carboxylic acids is 9. The summed E-state index contributed by atoms with van der Waals surface area (Å²) in [5, 5.41) is 57.9. The molecule has 392 valence electrons. The summed E-state index contributed by atoms with van der Waals surface area (Å²) >= 11 is 0. The van der Waals surface area contributed by atoms with Crippen molar-refractivity contribution in [1.82, 2.24) is 41.8 Å². The van der Waals surface area contributed by atoms with E-state index in [-0.39, 0.29) is 34.8 Å². The maximum absolute atomic E-state index is 14.8. The van der Waals surface area contributed by atoms with Gasteiger partial charge in [0.15, 0.2) is 11.6 Å². The van der Waals surface area contributed by atoms with E-state index in [1.807, 2.05) is 0 Å². The number of Topliss-reactive ketones (excluding diaryl/α,β-unsaturated/α-hetero) is 2. The average Bonchev–Trinajstić information content (AvgIpc) is 3.91. The van der Waals surface area contributed by atoms with Gasteiger partial charge in [-0.15, -0.1) is 0 Å². The minimum absolute atomic E-state index is 0.0890. The lowest BCUT2D eigenvalue weighted by atomic mass is 9.85. The molecule has 0 aliphatic carbocycles. The number of ketones is 2. The van der Waals surface area contributed by atoms with Crippen molar-refractivity contribution in [1.29, 1.82) is 0 Å². The molecule has 7 amide bonds. The molecule has 23 nitrogen and oxygen atoms in total. The number of benzene rings is 1. The fourth-order valence-corrected chi connectivity index (χ4v) is 10.6. The molecule has 1 saturated heterocycles. The Morgan fingerprint density at radius 3 is 2.27 bits per heavy atom. The van der Waals surface area contributed by atoms with Crippen LogP contribution in [-0.2, 0) is 60.4 Å². The van der Waals surface area contributed by atoms with Crippen LogP contribution in [0.3, 0.4) is 0 Å². The van der Waals surface area contributed by atoms with E-state index >= 15 is 0 Å². The Labute approximate surface area is 413 Å². The summed E-state index contributed by atoms with van der Waals surface area (Å²) in [6.45, 7) is 2.80. The number of hydrogen-bond acceptors (Lipinski definition) is 15. The minimum atomic E-state index is -2.32. The summed E-state index contributed by atoms with van der Waals surface area (Å²) in [4.78, 5) is 131. The van der Waals surface area contributed by atoms with E-state index in [4.69, 9.17) is 5.73 Å². The van der Waals surface area contributed by atoms with Crippen molar-refractivity contribution in [2.45, 2.75) is 126 Å². The third kappa shape index (κ3) is 14.9. The van der Waals surface area contributed by atoms with E-state index in [1.54, 1.807) is 13.8 Å². The molecule has 71 heavy (non-hydrogen) atoms. The van der Waals surface area contributed by atoms with Gasteiger partial charge in [-0.05, 0) is 49.4 Å². The molecule has 3 aliphatic heterocycles. The number of carbonyl (C=O) groups is 9. The number of amides is 7.